The summed E-state index contributed by atoms with van der Waals surface area (Å²) in [7, 11) is 1.48. The van der Waals surface area contributed by atoms with Crippen LogP contribution >= 0.6 is 11.8 Å². The molecule has 0 bridgehead atoms. The van der Waals surface area contributed by atoms with Crippen LogP contribution in [0.4, 0.5) is 0 Å². The summed E-state index contributed by atoms with van der Waals surface area (Å²) in [6.07, 6.45) is 4.11. The number of piperidine rings is 1. The van der Waals surface area contributed by atoms with Gasteiger partial charge in [0.05, 0.1) is 18.4 Å². The average molecular weight is 477 g/mol. The van der Waals surface area contributed by atoms with Gasteiger partial charge in [-0.15, -0.1) is 16.9 Å². The molecule has 0 spiro atoms. The number of likely N-dealkylation sites (tertiary alicyclic amines) is 1. The second kappa shape index (κ2) is 10.8. The number of benzene rings is 1. The maximum atomic E-state index is 13.5. The maximum Gasteiger partial charge on any atom is 0.265 e. The molecule has 1 fully saturated rings. The third kappa shape index (κ3) is 5.19. The molecule has 32 heavy (non-hydrogen) atoms. The van der Waals surface area contributed by atoms with E-state index in [1.165, 1.54) is 23.9 Å². The van der Waals surface area contributed by atoms with Gasteiger partial charge >= 0.3 is 0 Å². The predicted molar refractivity (Wildman–Crippen MR) is 122 cm³/mol. The van der Waals surface area contributed by atoms with E-state index in [1.54, 1.807) is 17.6 Å². The Kier molecular flexibility index (Phi) is 8.37. The summed E-state index contributed by atoms with van der Waals surface area (Å²) in [5.74, 6) is -0.900. The average Bonchev–Trinajstić information content (AvgIpc) is 3.25. The molecule has 1 amide bonds. The highest BCUT2D eigenvalue weighted by Gasteiger charge is 2.52. The van der Waals surface area contributed by atoms with Gasteiger partial charge in [-0.3, -0.25) is 19.6 Å². The van der Waals surface area contributed by atoms with E-state index in [4.69, 9.17) is 7.85 Å². The third-order valence-electron chi connectivity index (χ3n) is 5.79. The van der Waals surface area contributed by atoms with Crippen LogP contribution in [0.5, 0.6) is 0 Å². The van der Waals surface area contributed by atoms with Gasteiger partial charge in [0.1, 0.15) is 0 Å². The largest absolute Gasteiger partial charge is 0.297 e. The van der Waals surface area contributed by atoms with Gasteiger partial charge in [0.2, 0.25) is 0 Å². The zero-order valence-corrected chi connectivity index (χ0v) is 19.7. The number of unbranched alkanes of at least 4 members (excludes halogenated alkanes) is 1. The van der Waals surface area contributed by atoms with E-state index >= 15 is 0 Å². The minimum atomic E-state index is -4.04. The van der Waals surface area contributed by atoms with Crippen molar-refractivity contribution in [2.45, 2.75) is 60.2 Å². The molecule has 1 aromatic heterocycles. The molecular weight excluding hydrogens is 449 g/mol. The van der Waals surface area contributed by atoms with Crippen LogP contribution in [0.1, 0.15) is 38.3 Å². The first-order valence-corrected chi connectivity index (χ1v) is 13.1. The molecule has 1 saturated heterocycles. The van der Waals surface area contributed by atoms with Crippen LogP contribution in [0.2, 0.25) is 0 Å². The first-order chi connectivity index (χ1) is 15.4. The number of rotatable bonds is 10. The molecule has 1 aliphatic heterocycles. The fraction of sp³-hybridized carbons (Fsp3) is 0.550. The molecule has 3 rings (SSSR count). The second-order valence-corrected chi connectivity index (χ2v) is 11.2. The van der Waals surface area contributed by atoms with E-state index in [0.717, 1.165) is 30.0 Å². The molecular formula is C20H28BN5O4S2. The summed E-state index contributed by atoms with van der Waals surface area (Å²) in [4.78, 5) is 15.6. The lowest BCUT2D eigenvalue weighted by Crippen LogP contribution is -2.57. The zero-order chi connectivity index (χ0) is 23.2. The van der Waals surface area contributed by atoms with Crippen molar-refractivity contribution in [3.8, 4) is 0 Å². The molecule has 0 unspecified atom stereocenters. The lowest BCUT2D eigenvalue weighted by atomic mass is 9.94. The number of aryl methyl sites for hydroxylation is 1. The minimum absolute atomic E-state index is 0.0507. The molecule has 9 nitrogen and oxygen atoms in total. The van der Waals surface area contributed by atoms with Crippen LogP contribution in [0.25, 0.3) is 0 Å². The normalized spacial score (nSPS) is 16.7. The van der Waals surface area contributed by atoms with Crippen molar-refractivity contribution in [3.63, 3.8) is 0 Å². The van der Waals surface area contributed by atoms with Gasteiger partial charge in [0, 0.05) is 37.3 Å². The topological polar surface area (TPSA) is 117 Å². The molecule has 1 aliphatic rings. The summed E-state index contributed by atoms with van der Waals surface area (Å²) in [5.41, 5.74) is 2.77. The van der Waals surface area contributed by atoms with Crippen molar-refractivity contribution < 1.29 is 18.4 Å². The van der Waals surface area contributed by atoms with E-state index in [9.17, 15) is 18.4 Å². The maximum absolute atomic E-state index is 13.5. The lowest BCUT2D eigenvalue weighted by Gasteiger charge is -2.39. The number of sulfone groups is 1. The Hall–Kier alpha value is -1.89. The number of carbonyl (C=O) groups excluding carboxylic acids is 1. The Bertz CT molecular complexity index is 1010. The van der Waals surface area contributed by atoms with E-state index in [0.29, 0.717) is 25.3 Å². The van der Waals surface area contributed by atoms with Crippen LogP contribution in [0.15, 0.2) is 40.3 Å². The Morgan fingerprint density at radius 1 is 1.28 bits per heavy atom. The monoisotopic (exact) mass is 477 g/mol. The van der Waals surface area contributed by atoms with Gasteiger partial charge in [0.15, 0.2) is 14.6 Å². The standard InChI is InChI=1S/C20H28BN5O4S2/c1-2-3-10-26-14-16(22-24-26)13-25-11-8-20(9-12-25,19(27)23-28)32(29,30)18-6-4-17(5-7-18)31-15-21/h4-7,14,28H,2-3,8-13,15H2,1H3,(H,23,27). The van der Waals surface area contributed by atoms with E-state index in [1.807, 2.05) is 15.8 Å². The van der Waals surface area contributed by atoms with E-state index < -0.39 is 20.5 Å². The molecule has 2 N–H and O–H groups in total. The molecule has 172 valence electrons. The molecule has 0 aliphatic carbocycles. The molecule has 2 heterocycles. The summed E-state index contributed by atoms with van der Waals surface area (Å²) in [6.45, 7) is 4.19. The number of nitrogens with zero attached hydrogens (tertiary/aromatic N) is 4. The first kappa shape index (κ1) is 24.8. The summed E-state index contributed by atoms with van der Waals surface area (Å²) >= 11 is 1.39. The molecule has 12 heteroatoms. The predicted octanol–water partition coefficient (Wildman–Crippen LogP) is 1.61. The van der Waals surface area contributed by atoms with E-state index in [2.05, 4.69) is 17.2 Å². The number of amides is 1. The van der Waals surface area contributed by atoms with Crippen molar-refractivity contribution in [2.24, 2.45) is 0 Å². The Morgan fingerprint density at radius 3 is 2.56 bits per heavy atom. The zero-order valence-electron chi connectivity index (χ0n) is 18.1. The Morgan fingerprint density at radius 2 is 1.97 bits per heavy atom. The lowest BCUT2D eigenvalue weighted by molar-refractivity contribution is -0.133. The van der Waals surface area contributed by atoms with Gasteiger partial charge < -0.3 is 0 Å². The van der Waals surface area contributed by atoms with Crippen molar-refractivity contribution in [1.29, 1.82) is 0 Å². The van der Waals surface area contributed by atoms with E-state index in [-0.39, 0.29) is 17.7 Å². The van der Waals surface area contributed by atoms with Crippen LogP contribution < -0.4 is 5.48 Å². The summed E-state index contributed by atoms with van der Waals surface area (Å²) in [5, 5.41) is 17.7. The smallest absolute Gasteiger partial charge is 0.265 e. The number of thioether (sulfide) groups is 1. The van der Waals surface area contributed by atoms with Crippen molar-refractivity contribution >= 4 is 35.4 Å². The van der Waals surface area contributed by atoms with Crippen molar-refractivity contribution in [1.82, 2.24) is 25.4 Å². The quantitative estimate of drug-likeness (QED) is 0.229. The van der Waals surface area contributed by atoms with Gasteiger partial charge in [-0.2, -0.15) is 0 Å². The third-order valence-corrected chi connectivity index (χ3v) is 9.08. The SMILES string of the molecule is [B]CSc1ccc(S(=O)(=O)C2(C(=O)NO)CCN(Cc3cn(CCCC)nn3)CC2)cc1. The molecule has 0 saturated carbocycles. The Labute approximate surface area is 194 Å². The number of aromatic nitrogens is 3. The highest BCUT2D eigenvalue weighted by molar-refractivity contribution is 8.00. The fourth-order valence-corrected chi connectivity index (χ4v) is 6.37. The fourth-order valence-electron chi connectivity index (χ4n) is 3.90. The minimum Gasteiger partial charge on any atom is -0.297 e. The van der Waals surface area contributed by atoms with Gasteiger partial charge in [-0.05, 0) is 49.2 Å². The van der Waals surface area contributed by atoms with Gasteiger partial charge in [0.25, 0.3) is 5.91 Å². The van der Waals surface area contributed by atoms with Crippen LogP contribution in [-0.2, 0) is 27.7 Å². The summed E-state index contributed by atoms with van der Waals surface area (Å²) in [6, 6.07) is 6.32. The van der Waals surface area contributed by atoms with Crippen LogP contribution in [0.3, 0.4) is 0 Å². The van der Waals surface area contributed by atoms with Crippen LogP contribution in [0, 0.1) is 0 Å². The summed E-state index contributed by atoms with van der Waals surface area (Å²) < 4.78 is 27.1. The van der Waals surface area contributed by atoms with Crippen molar-refractivity contribution in [3.05, 3.63) is 36.2 Å². The molecule has 2 aromatic rings. The number of carbonyl (C=O) groups is 1. The molecule has 1 aromatic carbocycles. The van der Waals surface area contributed by atoms with Gasteiger partial charge in [-0.1, -0.05) is 18.6 Å². The molecule has 2 radical (unpaired) electrons. The highest BCUT2D eigenvalue weighted by Crippen LogP contribution is 2.36. The first-order valence-electron chi connectivity index (χ1n) is 10.6. The number of nitrogens with one attached hydrogen (secondary N) is 1. The Balaban J connectivity index is 1.74. The highest BCUT2D eigenvalue weighted by atomic mass is 32.2. The molecule has 0 atom stereocenters. The van der Waals surface area contributed by atoms with Crippen molar-refractivity contribution in [2.75, 3.05) is 18.7 Å². The number of hydrogen-bond acceptors (Lipinski definition) is 8. The number of hydrogen-bond donors (Lipinski definition) is 2. The second-order valence-electron chi connectivity index (χ2n) is 7.82. The van der Waals surface area contributed by atoms with Crippen LogP contribution in [-0.4, -0.2) is 70.8 Å². The van der Waals surface area contributed by atoms with Gasteiger partial charge in [-0.25, -0.2) is 13.9 Å². The number of hydroxylamine groups is 1.